The topological polar surface area (TPSA) is 207 Å². The molecular formula is C21H16F12N2O11. The van der Waals surface area contributed by atoms with E-state index < -0.39 is 48.6 Å². The second-order valence-corrected chi connectivity index (χ2v) is 7.68. The molecule has 0 aromatic heterocycles. The Hall–Kier alpha value is -5.13. The zero-order valence-corrected chi connectivity index (χ0v) is 21.7. The molecule has 2 aliphatic rings. The number of carbonyl (C=O) groups is 7. The molecule has 1 saturated heterocycles. The van der Waals surface area contributed by atoms with E-state index in [0.717, 1.165) is 10.6 Å². The molecule has 0 spiro atoms. The van der Waals surface area contributed by atoms with Crippen molar-refractivity contribution in [3.63, 3.8) is 0 Å². The second kappa shape index (κ2) is 16.8. The van der Waals surface area contributed by atoms with Crippen LogP contribution in [0.5, 0.6) is 0 Å². The molecular weight excluding hydrogens is 684 g/mol. The number of fused-ring (bicyclic) bond motifs is 1. The molecule has 0 atom stereocenters. The lowest BCUT2D eigenvalue weighted by atomic mass is 10.1. The fraction of sp³-hybridized carbons (Fsp3) is 0.381. The van der Waals surface area contributed by atoms with Gasteiger partial charge in [0.1, 0.15) is 0 Å². The van der Waals surface area contributed by atoms with Crippen LogP contribution in [0, 0.1) is 0 Å². The Morgan fingerprint density at radius 1 is 0.565 bits per heavy atom. The van der Waals surface area contributed by atoms with Crippen LogP contribution in [0.15, 0.2) is 24.3 Å². The average Bonchev–Trinajstić information content (AvgIpc) is 3.19. The predicted octanol–water partition coefficient (Wildman–Crippen LogP) is 3.63. The Morgan fingerprint density at radius 3 is 1.11 bits per heavy atom. The van der Waals surface area contributed by atoms with E-state index in [1.807, 2.05) is 12.1 Å². The van der Waals surface area contributed by atoms with Gasteiger partial charge in [-0.3, -0.25) is 14.4 Å². The van der Waals surface area contributed by atoms with E-state index in [1.54, 1.807) is 12.1 Å². The molecule has 3 amide bonds. The summed E-state index contributed by atoms with van der Waals surface area (Å²) < 4.78 is 127. The number of carboxylic acids is 4. The standard InChI is InChI=1S/C13H12N2O3.4C2HF3O2/c16-11-6-3-7-12(17)15(11)14-8-9-4-1-2-5-10(9)13(14)18;4*3-2(4,5)1(6)7/h1-2,4-5H,3,6-8H2;4*(H,6,7). The number of imide groups is 1. The van der Waals surface area contributed by atoms with Crippen LogP contribution in [0.1, 0.15) is 35.2 Å². The van der Waals surface area contributed by atoms with Crippen molar-refractivity contribution in [2.75, 3.05) is 0 Å². The van der Waals surface area contributed by atoms with Crippen molar-refractivity contribution >= 4 is 41.6 Å². The van der Waals surface area contributed by atoms with Crippen molar-refractivity contribution in [3.8, 4) is 0 Å². The first-order chi connectivity index (χ1) is 20.5. The fourth-order valence-electron chi connectivity index (χ4n) is 2.41. The van der Waals surface area contributed by atoms with Gasteiger partial charge in [0.2, 0.25) is 11.8 Å². The van der Waals surface area contributed by atoms with Crippen LogP contribution in [0.2, 0.25) is 0 Å². The molecule has 46 heavy (non-hydrogen) atoms. The smallest absolute Gasteiger partial charge is 0.475 e. The summed E-state index contributed by atoms with van der Waals surface area (Å²) in [6.07, 6.45) is -19.1. The highest BCUT2D eigenvalue weighted by molar-refractivity contribution is 6.04. The van der Waals surface area contributed by atoms with E-state index in [2.05, 4.69) is 0 Å². The number of hydrazine groups is 1. The van der Waals surface area contributed by atoms with Crippen molar-refractivity contribution in [2.45, 2.75) is 50.5 Å². The number of hydrogen-bond donors (Lipinski definition) is 4. The van der Waals surface area contributed by atoms with Crippen LogP contribution in [0.4, 0.5) is 52.7 Å². The summed E-state index contributed by atoms with van der Waals surface area (Å²) in [4.78, 5) is 71.3. The molecule has 1 fully saturated rings. The zero-order chi connectivity index (χ0) is 37.0. The summed E-state index contributed by atoms with van der Waals surface area (Å²) in [5.41, 5.74) is 1.43. The number of carbonyl (C=O) groups excluding carboxylic acids is 3. The van der Waals surface area contributed by atoms with E-state index in [9.17, 15) is 67.1 Å². The third-order valence-corrected chi connectivity index (χ3v) is 4.27. The van der Waals surface area contributed by atoms with E-state index in [4.69, 9.17) is 39.6 Å². The zero-order valence-electron chi connectivity index (χ0n) is 21.7. The molecule has 25 heteroatoms. The van der Waals surface area contributed by atoms with Gasteiger partial charge in [-0.05, 0) is 18.1 Å². The maximum Gasteiger partial charge on any atom is 0.490 e. The number of piperidine rings is 1. The lowest BCUT2D eigenvalue weighted by Gasteiger charge is -2.32. The molecule has 13 nitrogen and oxygen atoms in total. The molecule has 1 aromatic carbocycles. The highest BCUT2D eigenvalue weighted by Crippen LogP contribution is 2.26. The summed E-state index contributed by atoms with van der Waals surface area (Å²) >= 11 is 0. The SMILES string of the molecule is O=C(O)C(F)(F)F.O=C(O)C(F)(F)F.O=C(O)C(F)(F)F.O=C(O)C(F)(F)F.O=C1c2ccccc2CN1N1C(=O)CCCC1=O. The highest BCUT2D eigenvalue weighted by atomic mass is 19.4. The molecule has 0 bridgehead atoms. The number of benzene rings is 1. The Bertz CT molecular complexity index is 1180. The lowest BCUT2D eigenvalue weighted by molar-refractivity contribution is -0.193. The lowest BCUT2D eigenvalue weighted by Crippen LogP contribution is -2.51. The van der Waals surface area contributed by atoms with Gasteiger partial charge < -0.3 is 20.4 Å². The molecule has 1 aromatic rings. The number of rotatable bonds is 1. The first-order valence-corrected chi connectivity index (χ1v) is 10.9. The second-order valence-electron chi connectivity index (χ2n) is 7.68. The number of aliphatic carboxylic acids is 4. The monoisotopic (exact) mass is 700 g/mol. The van der Waals surface area contributed by atoms with Gasteiger partial charge >= 0.3 is 48.6 Å². The van der Waals surface area contributed by atoms with Crippen molar-refractivity contribution in [1.82, 2.24) is 10.0 Å². The van der Waals surface area contributed by atoms with Crippen LogP contribution in [0.25, 0.3) is 0 Å². The maximum absolute atomic E-state index is 12.2. The number of alkyl halides is 12. The first kappa shape index (κ1) is 43.0. The van der Waals surface area contributed by atoms with Gasteiger partial charge in [-0.15, -0.1) is 0 Å². The molecule has 2 aliphatic heterocycles. The van der Waals surface area contributed by atoms with Crippen LogP contribution in [-0.4, -0.2) is 96.7 Å². The van der Waals surface area contributed by atoms with Gasteiger partial charge in [-0.2, -0.15) is 57.7 Å². The average molecular weight is 700 g/mol. The summed E-state index contributed by atoms with van der Waals surface area (Å²) in [5.74, 6) is -11.9. The van der Waals surface area contributed by atoms with Crippen LogP contribution < -0.4 is 0 Å². The summed E-state index contributed by atoms with van der Waals surface area (Å²) in [7, 11) is 0. The molecule has 260 valence electrons. The normalized spacial score (nSPS) is 14.5. The van der Waals surface area contributed by atoms with E-state index >= 15 is 0 Å². The number of nitrogens with zero attached hydrogens (tertiary/aromatic N) is 2. The Balaban J connectivity index is 0. The maximum atomic E-state index is 12.2. The van der Waals surface area contributed by atoms with Crippen molar-refractivity contribution < 1.29 is 107 Å². The minimum absolute atomic E-state index is 0.269. The third-order valence-electron chi connectivity index (χ3n) is 4.27. The van der Waals surface area contributed by atoms with Crippen LogP contribution >= 0.6 is 0 Å². The van der Waals surface area contributed by atoms with Crippen molar-refractivity contribution in [1.29, 1.82) is 0 Å². The summed E-state index contributed by atoms with van der Waals surface area (Å²) in [5, 5.41) is 30.8. The number of halogens is 12. The molecule has 3 rings (SSSR count). The van der Waals surface area contributed by atoms with Crippen LogP contribution in [-0.2, 0) is 35.3 Å². The van der Waals surface area contributed by atoms with Gasteiger partial charge in [0, 0.05) is 18.4 Å². The quantitative estimate of drug-likeness (QED) is 0.246. The predicted molar refractivity (Wildman–Crippen MR) is 117 cm³/mol. The molecule has 0 radical (unpaired) electrons. The number of hydrogen-bond acceptors (Lipinski definition) is 7. The largest absolute Gasteiger partial charge is 0.490 e. The summed E-state index contributed by atoms with van der Waals surface area (Å²) in [6.45, 7) is 0.298. The van der Waals surface area contributed by atoms with Gasteiger partial charge in [0.05, 0.1) is 6.54 Å². The minimum Gasteiger partial charge on any atom is -0.475 e. The molecule has 4 N–H and O–H groups in total. The third kappa shape index (κ3) is 15.6. The Morgan fingerprint density at radius 2 is 0.848 bits per heavy atom. The summed E-state index contributed by atoms with van der Waals surface area (Å²) in [6, 6.07) is 7.18. The fourth-order valence-corrected chi connectivity index (χ4v) is 2.41. The molecule has 0 aliphatic carbocycles. The number of amides is 3. The molecule has 0 saturated carbocycles. The van der Waals surface area contributed by atoms with E-state index in [-0.39, 0.29) is 17.7 Å². The number of carboxylic acid groups (broad SMARTS) is 4. The first-order valence-electron chi connectivity index (χ1n) is 10.9. The Kier molecular flexibility index (Phi) is 15.7. The van der Waals surface area contributed by atoms with Gasteiger partial charge in [0.15, 0.2) is 0 Å². The van der Waals surface area contributed by atoms with E-state index in [0.29, 0.717) is 31.4 Å². The molecule has 0 unspecified atom stereocenters. The van der Waals surface area contributed by atoms with Gasteiger partial charge in [-0.25, -0.2) is 24.2 Å². The van der Waals surface area contributed by atoms with Gasteiger partial charge in [0.25, 0.3) is 5.91 Å². The minimum atomic E-state index is -5.08. The van der Waals surface area contributed by atoms with Crippen molar-refractivity contribution in [3.05, 3.63) is 35.4 Å². The van der Waals surface area contributed by atoms with Crippen molar-refractivity contribution in [2.24, 2.45) is 0 Å². The molecule has 2 heterocycles. The van der Waals surface area contributed by atoms with Gasteiger partial charge in [-0.1, -0.05) is 18.2 Å². The van der Waals surface area contributed by atoms with Crippen LogP contribution in [0.3, 0.4) is 0 Å². The highest BCUT2D eigenvalue weighted by Gasteiger charge is 2.41. The van der Waals surface area contributed by atoms with E-state index in [1.165, 1.54) is 5.01 Å². The Labute approximate surface area is 245 Å².